The second-order valence-corrected chi connectivity index (χ2v) is 6.02. The summed E-state index contributed by atoms with van der Waals surface area (Å²) in [6.45, 7) is 6.42. The van der Waals surface area contributed by atoms with Gasteiger partial charge < -0.3 is 10.1 Å². The molecule has 1 atom stereocenters. The molecule has 1 heterocycles. The molecule has 0 amide bonds. The Morgan fingerprint density at radius 2 is 2.15 bits per heavy atom. The number of aromatic nitrogens is 1. The van der Waals surface area contributed by atoms with E-state index in [1.807, 2.05) is 27.8 Å². The lowest BCUT2D eigenvalue weighted by Crippen LogP contribution is -2.14. The number of hydrogen-bond donors (Lipinski definition) is 1. The van der Waals surface area contributed by atoms with Crippen molar-refractivity contribution < 1.29 is 9.13 Å². The van der Waals surface area contributed by atoms with Gasteiger partial charge in [-0.3, -0.25) is 0 Å². The maximum Gasteiger partial charge on any atom is 0.140 e. The van der Waals surface area contributed by atoms with Crippen molar-refractivity contribution in [3.8, 4) is 5.75 Å². The molecule has 0 aliphatic heterocycles. The first kappa shape index (κ1) is 14.9. The molecule has 5 heteroatoms. The fraction of sp³-hybridized carbons (Fsp3) is 0.400. The summed E-state index contributed by atoms with van der Waals surface area (Å²) in [6, 6.07) is 4.63. The molecule has 1 aromatic heterocycles. The lowest BCUT2D eigenvalue weighted by molar-refractivity contribution is 0.299. The lowest BCUT2D eigenvalue weighted by atomic mass is 10.1. The summed E-state index contributed by atoms with van der Waals surface area (Å²) in [5.74, 6) is 0.439. The number of nitrogens with one attached hydrogen (secondary N) is 1. The molecule has 1 N–H and O–H groups in total. The highest BCUT2D eigenvalue weighted by Gasteiger charge is 2.12. The molecule has 0 aliphatic rings. The molecule has 0 saturated carbocycles. The second-order valence-electron chi connectivity index (χ2n) is 4.73. The first-order valence-corrected chi connectivity index (χ1v) is 7.35. The lowest BCUT2D eigenvalue weighted by Gasteiger charge is -2.16. The minimum atomic E-state index is -0.254. The molecule has 0 saturated heterocycles. The van der Waals surface area contributed by atoms with Gasteiger partial charge in [0.15, 0.2) is 0 Å². The standard InChI is InChI=1S/C15H19FN2OS/c1-9-11(3)20-15(18-9)8-19-14-6-5-12(16)7-13(14)10(2)17-4/h5-7,10,17H,8H2,1-4H3. The van der Waals surface area contributed by atoms with Crippen LogP contribution in [0.3, 0.4) is 0 Å². The Morgan fingerprint density at radius 1 is 1.40 bits per heavy atom. The van der Waals surface area contributed by atoms with Gasteiger partial charge in [0.25, 0.3) is 0 Å². The molecule has 0 aliphatic carbocycles. The Labute approximate surface area is 122 Å². The number of ether oxygens (including phenoxy) is 1. The molecule has 20 heavy (non-hydrogen) atoms. The van der Waals surface area contributed by atoms with Crippen LogP contribution in [-0.4, -0.2) is 12.0 Å². The van der Waals surface area contributed by atoms with Gasteiger partial charge in [0.1, 0.15) is 23.2 Å². The number of halogens is 1. The van der Waals surface area contributed by atoms with E-state index in [9.17, 15) is 4.39 Å². The summed E-state index contributed by atoms with van der Waals surface area (Å²) >= 11 is 1.63. The van der Waals surface area contributed by atoms with E-state index in [1.54, 1.807) is 17.4 Å². The van der Waals surface area contributed by atoms with Crippen molar-refractivity contribution in [3.05, 3.63) is 45.2 Å². The van der Waals surface area contributed by atoms with Gasteiger partial charge in [-0.25, -0.2) is 9.37 Å². The zero-order valence-corrected chi connectivity index (χ0v) is 13.0. The topological polar surface area (TPSA) is 34.1 Å². The number of hydrogen-bond acceptors (Lipinski definition) is 4. The number of nitrogens with zero attached hydrogens (tertiary/aromatic N) is 1. The molecule has 2 aromatic rings. The Hall–Kier alpha value is -1.46. The van der Waals surface area contributed by atoms with Crippen LogP contribution in [0.15, 0.2) is 18.2 Å². The molecule has 0 radical (unpaired) electrons. The van der Waals surface area contributed by atoms with Gasteiger partial charge in [-0.2, -0.15) is 0 Å². The van der Waals surface area contributed by atoms with Gasteiger partial charge in [0.05, 0.1) is 5.69 Å². The van der Waals surface area contributed by atoms with Crippen molar-refractivity contribution in [2.24, 2.45) is 0 Å². The molecule has 0 bridgehead atoms. The van der Waals surface area contributed by atoms with Crippen LogP contribution in [0.1, 0.15) is 34.1 Å². The van der Waals surface area contributed by atoms with E-state index in [-0.39, 0.29) is 11.9 Å². The summed E-state index contributed by atoms with van der Waals surface area (Å²) in [7, 11) is 1.84. The second kappa shape index (κ2) is 6.33. The third-order valence-corrected chi connectivity index (χ3v) is 4.34. The van der Waals surface area contributed by atoms with Crippen LogP contribution in [-0.2, 0) is 6.61 Å². The molecule has 0 fully saturated rings. The van der Waals surface area contributed by atoms with Crippen LogP contribution in [0, 0.1) is 19.7 Å². The van der Waals surface area contributed by atoms with E-state index < -0.39 is 0 Å². The summed E-state index contributed by atoms with van der Waals surface area (Å²) in [4.78, 5) is 5.64. The summed E-state index contributed by atoms with van der Waals surface area (Å²) in [5, 5.41) is 4.04. The van der Waals surface area contributed by atoms with Crippen molar-refractivity contribution in [1.29, 1.82) is 0 Å². The Morgan fingerprint density at radius 3 is 2.75 bits per heavy atom. The molecule has 2 rings (SSSR count). The highest BCUT2D eigenvalue weighted by Crippen LogP contribution is 2.27. The third-order valence-electron chi connectivity index (χ3n) is 3.30. The van der Waals surface area contributed by atoms with E-state index in [4.69, 9.17) is 4.74 Å². The minimum Gasteiger partial charge on any atom is -0.486 e. The van der Waals surface area contributed by atoms with Crippen LogP contribution in [0.5, 0.6) is 5.75 Å². The van der Waals surface area contributed by atoms with Gasteiger partial charge in [-0.15, -0.1) is 11.3 Å². The summed E-state index contributed by atoms with van der Waals surface area (Å²) in [5.41, 5.74) is 1.86. The van der Waals surface area contributed by atoms with Crippen LogP contribution in [0.4, 0.5) is 4.39 Å². The zero-order chi connectivity index (χ0) is 14.7. The molecule has 1 unspecified atom stereocenters. The van der Waals surface area contributed by atoms with Crippen LogP contribution in [0.25, 0.3) is 0 Å². The molecule has 1 aromatic carbocycles. The van der Waals surface area contributed by atoms with E-state index in [0.29, 0.717) is 12.4 Å². The van der Waals surface area contributed by atoms with Gasteiger partial charge in [-0.1, -0.05) is 0 Å². The van der Waals surface area contributed by atoms with Crippen molar-refractivity contribution in [3.63, 3.8) is 0 Å². The van der Waals surface area contributed by atoms with Crippen molar-refractivity contribution in [1.82, 2.24) is 10.3 Å². The van der Waals surface area contributed by atoms with Gasteiger partial charge in [-0.05, 0) is 46.0 Å². The van der Waals surface area contributed by atoms with Crippen LogP contribution in [0.2, 0.25) is 0 Å². The SMILES string of the molecule is CNC(C)c1cc(F)ccc1OCc1nc(C)c(C)s1. The fourth-order valence-electron chi connectivity index (χ4n) is 1.89. The highest BCUT2D eigenvalue weighted by molar-refractivity contribution is 7.11. The summed E-state index contributed by atoms with van der Waals surface area (Å²) < 4.78 is 19.2. The molecule has 0 spiro atoms. The van der Waals surface area contributed by atoms with Crippen molar-refractivity contribution in [2.45, 2.75) is 33.4 Å². The Balaban J connectivity index is 2.16. The van der Waals surface area contributed by atoms with Crippen LogP contribution >= 0.6 is 11.3 Å². The van der Waals surface area contributed by atoms with Crippen LogP contribution < -0.4 is 10.1 Å². The number of benzene rings is 1. The van der Waals surface area contributed by atoms with Gasteiger partial charge in [0.2, 0.25) is 0 Å². The van der Waals surface area contributed by atoms with Gasteiger partial charge >= 0.3 is 0 Å². The molecule has 3 nitrogen and oxygen atoms in total. The van der Waals surface area contributed by atoms with E-state index in [0.717, 1.165) is 16.3 Å². The number of thiazole rings is 1. The normalized spacial score (nSPS) is 12.4. The first-order chi connectivity index (χ1) is 9.51. The third kappa shape index (κ3) is 3.35. The first-order valence-electron chi connectivity index (χ1n) is 6.53. The average molecular weight is 294 g/mol. The maximum absolute atomic E-state index is 13.4. The van der Waals surface area contributed by atoms with Crippen molar-refractivity contribution in [2.75, 3.05) is 7.05 Å². The molecule has 108 valence electrons. The highest BCUT2D eigenvalue weighted by atomic mass is 32.1. The smallest absolute Gasteiger partial charge is 0.140 e. The molecular formula is C15H19FN2OS. The van der Waals surface area contributed by atoms with E-state index in [2.05, 4.69) is 10.3 Å². The predicted octanol–water partition coefficient (Wildman–Crippen LogP) is 3.76. The Bertz CT molecular complexity index is 578. The van der Waals surface area contributed by atoms with E-state index >= 15 is 0 Å². The Kier molecular flexibility index (Phi) is 4.73. The minimum absolute atomic E-state index is 0.0282. The monoisotopic (exact) mass is 294 g/mol. The summed E-state index contributed by atoms with van der Waals surface area (Å²) in [6.07, 6.45) is 0. The van der Waals surface area contributed by atoms with E-state index in [1.165, 1.54) is 17.0 Å². The van der Waals surface area contributed by atoms with Crippen molar-refractivity contribution >= 4 is 11.3 Å². The van der Waals surface area contributed by atoms with Gasteiger partial charge in [0, 0.05) is 16.5 Å². The molecular weight excluding hydrogens is 275 g/mol. The largest absolute Gasteiger partial charge is 0.486 e. The fourth-order valence-corrected chi connectivity index (χ4v) is 2.73. The predicted molar refractivity (Wildman–Crippen MR) is 79.8 cm³/mol. The maximum atomic E-state index is 13.4. The average Bonchev–Trinajstić information content (AvgIpc) is 2.75. The number of aryl methyl sites for hydroxylation is 2. The zero-order valence-electron chi connectivity index (χ0n) is 12.2. The quantitative estimate of drug-likeness (QED) is 0.911. The number of rotatable bonds is 5.